The van der Waals surface area contributed by atoms with Crippen molar-refractivity contribution in [3.63, 3.8) is 0 Å². The molecule has 3 heterocycles. The van der Waals surface area contributed by atoms with Crippen molar-refractivity contribution in [2.75, 3.05) is 0 Å². The fraction of sp³-hybridized carbons (Fsp3) is 0.333. The molecule has 2 aromatic heterocycles. The quantitative estimate of drug-likeness (QED) is 0.180. The van der Waals surface area contributed by atoms with Crippen molar-refractivity contribution in [1.82, 2.24) is 9.55 Å². The molecule has 1 aliphatic rings. The number of ether oxygens (including phenoxy) is 1. The normalized spacial score (nSPS) is 19.6. The van der Waals surface area contributed by atoms with Gasteiger partial charge in [0.15, 0.2) is 5.60 Å². The summed E-state index contributed by atoms with van der Waals surface area (Å²) >= 11 is 0. The summed E-state index contributed by atoms with van der Waals surface area (Å²) in [5, 5.41) is 2.47. The lowest BCUT2D eigenvalue weighted by molar-refractivity contribution is 0.00858. The van der Waals surface area contributed by atoms with E-state index in [1.165, 1.54) is 33.0 Å². The van der Waals surface area contributed by atoms with Crippen LogP contribution >= 0.6 is 0 Å². The predicted octanol–water partition coefficient (Wildman–Crippen LogP) is 11.7. The lowest BCUT2D eigenvalue weighted by atomic mass is 9.72. The Morgan fingerprint density at radius 3 is 2.18 bits per heavy atom. The van der Waals surface area contributed by atoms with Crippen LogP contribution in [-0.2, 0) is 15.8 Å². The van der Waals surface area contributed by atoms with Crippen molar-refractivity contribution >= 4 is 27.7 Å². The van der Waals surface area contributed by atoms with E-state index >= 15 is 0 Å². The molecule has 0 amide bonds. The molecule has 0 unspecified atom stereocenters. The summed E-state index contributed by atoms with van der Waals surface area (Å²) in [6.45, 7) is 22.4. The van der Waals surface area contributed by atoms with Gasteiger partial charge < -0.3 is 9.30 Å². The lowest BCUT2D eigenvalue weighted by Gasteiger charge is -2.40. The van der Waals surface area contributed by atoms with Gasteiger partial charge in [0.25, 0.3) is 0 Å². The van der Waals surface area contributed by atoms with Crippen molar-refractivity contribution in [1.29, 1.82) is 0 Å². The average molecular weight is 648 g/mol. The van der Waals surface area contributed by atoms with Gasteiger partial charge in [-0.2, -0.15) is 0 Å². The molecule has 0 saturated carbocycles. The topological polar surface area (TPSA) is 39.4 Å². The molecule has 0 bridgehead atoms. The molecule has 250 valence electrons. The Morgan fingerprint density at radius 2 is 1.49 bits per heavy atom. The Bertz CT molecular complexity index is 2230. The fourth-order valence-electron chi connectivity index (χ4n) is 7.40. The number of fused-ring (bicyclic) bond motifs is 3. The Morgan fingerprint density at radius 1 is 0.735 bits per heavy atom. The van der Waals surface area contributed by atoms with Crippen molar-refractivity contribution in [2.45, 2.75) is 91.7 Å². The molecule has 7 rings (SSSR count). The third-order valence-electron chi connectivity index (χ3n) is 11.0. The van der Waals surface area contributed by atoms with Gasteiger partial charge in [-0.3, -0.25) is 4.98 Å². The third kappa shape index (κ3) is 5.46. The molecule has 4 aromatic carbocycles. The zero-order valence-electron chi connectivity index (χ0n) is 30.7. The zero-order valence-corrected chi connectivity index (χ0v) is 30.7. The second kappa shape index (κ2) is 11.7. The number of rotatable bonds is 6. The maximum Gasteiger partial charge on any atom is 0.217 e. The summed E-state index contributed by atoms with van der Waals surface area (Å²) in [6.07, 6.45) is 1.94. The van der Waals surface area contributed by atoms with E-state index in [0.29, 0.717) is 11.8 Å². The van der Waals surface area contributed by atoms with Crippen LogP contribution < -0.4 is 0 Å². The van der Waals surface area contributed by atoms with Gasteiger partial charge in [-0.05, 0) is 103 Å². The van der Waals surface area contributed by atoms with E-state index in [4.69, 9.17) is 14.7 Å². The summed E-state index contributed by atoms with van der Waals surface area (Å²) in [7, 11) is 0. The maximum atomic E-state index is 7.04. The number of aromatic nitrogens is 2. The van der Waals surface area contributed by atoms with Gasteiger partial charge in [0.05, 0.1) is 16.7 Å². The monoisotopic (exact) mass is 647 g/mol. The van der Waals surface area contributed by atoms with Gasteiger partial charge in [0, 0.05) is 33.8 Å². The van der Waals surface area contributed by atoms with Crippen LogP contribution in [0.4, 0.5) is 0 Å². The Labute approximate surface area is 291 Å². The molecule has 4 nitrogen and oxygen atoms in total. The highest BCUT2D eigenvalue weighted by Crippen LogP contribution is 2.49. The predicted molar refractivity (Wildman–Crippen MR) is 206 cm³/mol. The minimum absolute atomic E-state index is 0.0369. The first-order chi connectivity index (χ1) is 23.2. The largest absolute Gasteiger partial charge is 0.464 e. The molecule has 49 heavy (non-hydrogen) atoms. The van der Waals surface area contributed by atoms with Gasteiger partial charge in [0.2, 0.25) is 5.90 Å². The first kappa shape index (κ1) is 32.8. The molecule has 0 saturated heterocycles. The molecule has 1 aliphatic heterocycles. The van der Waals surface area contributed by atoms with Gasteiger partial charge in [0.1, 0.15) is 5.54 Å². The van der Waals surface area contributed by atoms with E-state index in [1.807, 2.05) is 6.20 Å². The smallest absolute Gasteiger partial charge is 0.217 e. The van der Waals surface area contributed by atoms with Crippen LogP contribution in [0.3, 0.4) is 0 Å². The van der Waals surface area contributed by atoms with E-state index in [9.17, 15) is 0 Å². The molecular formula is C45H49N3O. The van der Waals surface area contributed by atoms with E-state index in [2.05, 4.69) is 171 Å². The van der Waals surface area contributed by atoms with Crippen molar-refractivity contribution < 1.29 is 4.74 Å². The highest BCUT2D eigenvalue weighted by atomic mass is 16.5. The second-order valence-corrected chi connectivity index (χ2v) is 16.0. The minimum atomic E-state index is -0.611. The molecule has 6 aromatic rings. The fourth-order valence-corrected chi connectivity index (χ4v) is 7.40. The standard InChI is InChI=1S/C45H49N3O/c1-28(2)32-23-33(42-47-44(9,29(3)4)45(10,49-42)34-14-12-11-13-15-34)25-36(24-32)48-40-19-16-30(5)22-38(40)37-18-17-31(26-41(37)48)39-27-35(20-21-46-39)43(6,7)8/h11-29H,1-10H3/t44-,45-/m1/s1. The number of pyridine rings is 1. The molecule has 0 fully saturated rings. The van der Waals surface area contributed by atoms with Crippen LogP contribution in [0, 0.1) is 12.8 Å². The number of nitrogens with zero attached hydrogens (tertiary/aromatic N) is 3. The van der Waals surface area contributed by atoms with Crippen LogP contribution in [0.1, 0.15) is 96.0 Å². The average Bonchev–Trinajstić information content (AvgIpc) is 3.56. The molecule has 4 heteroatoms. The molecule has 0 N–H and O–H groups in total. The van der Waals surface area contributed by atoms with Crippen molar-refractivity contribution in [3.05, 3.63) is 131 Å². The first-order valence-corrected chi connectivity index (χ1v) is 17.7. The Kier molecular flexibility index (Phi) is 7.85. The minimum Gasteiger partial charge on any atom is -0.464 e. The van der Waals surface area contributed by atoms with E-state index in [-0.39, 0.29) is 11.3 Å². The second-order valence-electron chi connectivity index (χ2n) is 16.0. The van der Waals surface area contributed by atoms with Gasteiger partial charge in [-0.1, -0.05) is 103 Å². The molecule has 0 aliphatic carbocycles. The summed E-state index contributed by atoms with van der Waals surface area (Å²) in [6, 6.07) is 35.4. The molecule has 0 radical (unpaired) electrons. The Hall–Kier alpha value is -4.70. The summed E-state index contributed by atoms with van der Waals surface area (Å²) < 4.78 is 9.46. The third-order valence-corrected chi connectivity index (χ3v) is 11.0. The zero-order chi connectivity index (χ0) is 34.9. The van der Waals surface area contributed by atoms with Gasteiger partial charge in [-0.25, -0.2) is 4.99 Å². The summed E-state index contributed by atoms with van der Waals surface area (Å²) in [5.41, 5.74) is 10.4. The SMILES string of the molecule is Cc1ccc2c(c1)c1ccc(-c3cc(C(C)(C)C)ccn3)cc1n2-c1cc(C2=N[C@](C)(C(C)C)[C@@](C)(c3ccccc3)O2)cc(C(C)C)c1. The van der Waals surface area contributed by atoms with E-state index in [0.717, 1.165) is 33.6 Å². The summed E-state index contributed by atoms with van der Waals surface area (Å²) in [4.78, 5) is 10.3. The van der Waals surface area contributed by atoms with Crippen LogP contribution in [0.25, 0.3) is 38.8 Å². The van der Waals surface area contributed by atoms with Crippen molar-refractivity contribution in [2.24, 2.45) is 10.9 Å². The number of aliphatic imine (C=N–C) groups is 1. The molecule has 0 spiro atoms. The van der Waals surface area contributed by atoms with Crippen LogP contribution in [0.15, 0.2) is 108 Å². The van der Waals surface area contributed by atoms with Crippen molar-refractivity contribution in [3.8, 4) is 16.9 Å². The highest BCUT2D eigenvalue weighted by molar-refractivity contribution is 6.10. The van der Waals surface area contributed by atoms with Crippen LogP contribution in [0.5, 0.6) is 0 Å². The summed E-state index contributed by atoms with van der Waals surface area (Å²) in [5.74, 6) is 1.27. The number of hydrogen-bond donors (Lipinski definition) is 0. The molecular weight excluding hydrogens is 599 g/mol. The van der Waals surface area contributed by atoms with Crippen LogP contribution in [-0.4, -0.2) is 21.0 Å². The van der Waals surface area contributed by atoms with Gasteiger partial charge >= 0.3 is 0 Å². The number of hydrogen-bond acceptors (Lipinski definition) is 3. The van der Waals surface area contributed by atoms with E-state index < -0.39 is 11.1 Å². The molecule has 2 atom stereocenters. The lowest BCUT2D eigenvalue weighted by Crippen LogP contribution is -2.47. The maximum absolute atomic E-state index is 7.04. The first-order valence-electron chi connectivity index (χ1n) is 17.7. The number of benzene rings is 4. The Balaban J connectivity index is 1.45. The van der Waals surface area contributed by atoms with Crippen LogP contribution in [0.2, 0.25) is 0 Å². The van der Waals surface area contributed by atoms with Gasteiger partial charge in [-0.15, -0.1) is 0 Å². The van der Waals surface area contributed by atoms with E-state index in [1.54, 1.807) is 0 Å². The number of aryl methyl sites for hydroxylation is 1. The highest BCUT2D eigenvalue weighted by Gasteiger charge is 2.55.